The summed E-state index contributed by atoms with van der Waals surface area (Å²) in [5.41, 5.74) is 0.981. The maximum atomic E-state index is 11.6. The number of amides is 1. The summed E-state index contributed by atoms with van der Waals surface area (Å²) in [4.78, 5) is 13.4. The molecule has 0 N–H and O–H groups in total. The van der Waals surface area contributed by atoms with Crippen LogP contribution in [0.5, 0.6) is 0 Å². The summed E-state index contributed by atoms with van der Waals surface area (Å²) < 4.78 is 0. The van der Waals surface area contributed by atoms with Crippen LogP contribution in [0.1, 0.15) is 12.0 Å². The highest BCUT2D eigenvalue weighted by molar-refractivity contribution is 7.81. The second-order valence-electron chi connectivity index (χ2n) is 4.16. The van der Waals surface area contributed by atoms with E-state index in [1.54, 1.807) is 6.07 Å². The van der Waals surface area contributed by atoms with Gasteiger partial charge in [0.05, 0.1) is 10.0 Å². The largest absolute Gasteiger partial charge is 0.341 e. The maximum Gasteiger partial charge on any atom is 0.223 e. The lowest BCUT2D eigenvalue weighted by molar-refractivity contribution is -0.127. The van der Waals surface area contributed by atoms with Gasteiger partial charge in [-0.15, -0.1) is 0 Å². The van der Waals surface area contributed by atoms with Crippen molar-refractivity contribution in [2.45, 2.75) is 18.1 Å². The van der Waals surface area contributed by atoms with Crippen LogP contribution in [0.4, 0.5) is 0 Å². The van der Waals surface area contributed by atoms with E-state index in [0.717, 1.165) is 18.5 Å². The number of halogens is 2. The number of carbonyl (C=O) groups excluding carboxylic acids is 1. The average Bonchev–Trinajstić information content (AvgIpc) is 2.60. The fourth-order valence-corrected chi connectivity index (χ4v) is 2.73. The Morgan fingerprint density at radius 1 is 1.41 bits per heavy atom. The molecule has 0 spiro atoms. The first-order chi connectivity index (χ1) is 8.08. The minimum atomic E-state index is 0.164. The van der Waals surface area contributed by atoms with Crippen LogP contribution in [-0.4, -0.2) is 29.1 Å². The van der Waals surface area contributed by atoms with E-state index in [-0.39, 0.29) is 11.2 Å². The van der Waals surface area contributed by atoms with Crippen LogP contribution >= 0.6 is 35.8 Å². The number of nitrogens with zero attached hydrogens (tertiary/aromatic N) is 1. The summed E-state index contributed by atoms with van der Waals surface area (Å²) >= 11 is 16.3. The van der Waals surface area contributed by atoms with Crippen LogP contribution in [-0.2, 0) is 11.2 Å². The number of thiol groups is 1. The zero-order chi connectivity index (χ0) is 12.4. The van der Waals surface area contributed by atoms with Crippen LogP contribution in [0.3, 0.4) is 0 Å². The standard InChI is InChI=1S/C12H13Cl2NOS/c13-10-3-1-2-8(12(10)14)4-5-15-7-9(17)6-11(15)16/h1-3,9,17H,4-7H2. The highest BCUT2D eigenvalue weighted by atomic mass is 35.5. The molecule has 0 aromatic heterocycles. The van der Waals surface area contributed by atoms with Crippen molar-refractivity contribution in [2.24, 2.45) is 0 Å². The molecule has 1 atom stereocenters. The fraction of sp³-hybridized carbons (Fsp3) is 0.417. The Hall–Kier alpha value is -0.380. The van der Waals surface area contributed by atoms with E-state index < -0.39 is 0 Å². The van der Waals surface area contributed by atoms with E-state index in [4.69, 9.17) is 23.2 Å². The molecule has 0 bridgehead atoms. The topological polar surface area (TPSA) is 20.3 Å². The molecule has 1 aromatic carbocycles. The SMILES string of the molecule is O=C1CC(S)CN1CCc1cccc(Cl)c1Cl. The van der Waals surface area contributed by atoms with Gasteiger partial charge in [0.2, 0.25) is 5.91 Å². The predicted molar refractivity (Wildman–Crippen MR) is 74.1 cm³/mol. The minimum Gasteiger partial charge on any atom is -0.341 e. The van der Waals surface area contributed by atoms with Crippen molar-refractivity contribution in [3.05, 3.63) is 33.8 Å². The van der Waals surface area contributed by atoms with E-state index in [2.05, 4.69) is 12.6 Å². The third-order valence-electron chi connectivity index (χ3n) is 2.88. The van der Waals surface area contributed by atoms with E-state index in [0.29, 0.717) is 23.0 Å². The lowest BCUT2D eigenvalue weighted by atomic mass is 10.1. The molecule has 1 heterocycles. The van der Waals surface area contributed by atoms with Gasteiger partial charge in [-0.2, -0.15) is 12.6 Å². The molecule has 0 aliphatic carbocycles. The average molecular weight is 290 g/mol. The van der Waals surface area contributed by atoms with Gasteiger partial charge in [0.15, 0.2) is 0 Å². The van der Waals surface area contributed by atoms with Gasteiger partial charge in [-0.05, 0) is 18.1 Å². The number of rotatable bonds is 3. The van der Waals surface area contributed by atoms with Crippen molar-refractivity contribution in [3.8, 4) is 0 Å². The summed E-state index contributed by atoms with van der Waals surface area (Å²) in [6.07, 6.45) is 1.26. The normalized spacial score (nSPS) is 20.1. The molecule has 1 aliphatic rings. The third kappa shape index (κ3) is 3.09. The van der Waals surface area contributed by atoms with Crippen molar-refractivity contribution >= 4 is 41.7 Å². The van der Waals surface area contributed by atoms with Crippen LogP contribution in [0.15, 0.2) is 18.2 Å². The molecule has 1 unspecified atom stereocenters. The number of hydrogen-bond acceptors (Lipinski definition) is 2. The molecule has 17 heavy (non-hydrogen) atoms. The Morgan fingerprint density at radius 3 is 2.82 bits per heavy atom. The number of likely N-dealkylation sites (tertiary alicyclic amines) is 1. The summed E-state index contributed by atoms with van der Waals surface area (Å²) in [6.45, 7) is 1.40. The van der Waals surface area contributed by atoms with Crippen molar-refractivity contribution in [1.29, 1.82) is 0 Å². The van der Waals surface area contributed by atoms with Gasteiger partial charge in [0.25, 0.3) is 0 Å². The molecule has 1 aliphatic heterocycles. The summed E-state index contributed by atoms with van der Waals surface area (Å²) in [5.74, 6) is 0.170. The molecule has 0 saturated carbocycles. The number of carbonyl (C=O) groups is 1. The molecule has 1 saturated heterocycles. The van der Waals surface area contributed by atoms with Gasteiger partial charge in [-0.25, -0.2) is 0 Å². The Labute approximate surface area is 116 Å². The van der Waals surface area contributed by atoms with Crippen molar-refractivity contribution < 1.29 is 4.79 Å². The second kappa shape index (κ2) is 5.51. The molecular weight excluding hydrogens is 277 g/mol. The molecule has 2 nitrogen and oxygen atoms in total. The first kappa shape index (κ1) is 13.1. The van der Waals surface area contributed by atoms with Gasteiger partial charge >= 0.3 is 0 Å². The van der Waals surface area contributed by atoms with Gasteiger partial charge in [0.1, 0.15) is 0 Å². The van der Waals surface area contributed by atoms with Gasteiger partial charge in [-0.1, -0.05) is 35.3 Å². The van der Waals surface area contributed by atoms with Gasteiger partial charge < -0.3 is 4.90 Å². The Kier molecular flexibility index (Phi) is 4.23. The minimum absolute atomic E-state index is 0.164. The monoisotopic (exact) mass is 289 g/mol. The highest BCUT2D eigenvalue weighted by Crippen LogP contribution is 2.26. The molecular formula is C12H13Cl2NOS. The summed E-state index contributed by atoms with van der Waals surface area (Å²) in [5, 5.41) is 1.31. The van der Waals surface area contributed by atoms with Crippen molar-refractivity contribution in [1.82, 2.24) is 4.90 Å². The highest BCUT2D eigenvalue weighted by Gasteiger charge is 2.26. The predicted octanol–water partition coefficient (Wildman–Crippen LogP) is 3.07. The lowest BCUT2D eigenvalue weighted by Crippen LogP contribution is -2.27. The molecule has 0 radical (unpaired) electrons. The summed E-state index contributed by atoms with van der Waals surface area (Å²) in [7, 11) is 0. The van der Waals surface area contributed by atoms with Crippen LogP contribution in [0.2, 0.25) is 10.0 Å². The fourth-order valence-electron chi connectivity index (χ4n) is 1.96. The Balaban J connectivity index is 1.98. The Morgan fingerprint density at radius 2 is 2.18 bits per heavy atom. The zero-order valence-electron chi connectivity index (χ0n) is 9.20. The molecule has 2 rings (SSSR count). The van der Waals surface area contributed by atoms with Crippen LogP contribution in [0.25, 0.3) is 0 Å². The van der Waals surface area contributed by atoms with Crippen molar-refractivity contribution in [2.75, 3.05) is 13.1 Å². The molecule has 5 heteroatoms. The van der Waals surface area contributed by atoms with E-state index in [9.17, 15) is 4.79 Å². The molecule has 92 valence electrons. The van der Waals surface area contributed by atoms with E-state index in [1.165, 1.54) is 0 Å². The summed E-state index contributed by atoms with van der Waals surface area (Å²) in [6, 6.07) is 5.57. The van der Waals surface area contributed by atoms with E-state index in [1.807, 2.05) is 17.0 Å². The molecule has 1 aromatic rings. The quantitative estimate of drug-likeness (QED) is 0.848. The van der Waals surface area contributed by atoms with E-state index >= 15 is 0 Å². The third-order valence-corrected chi connectivity index (χ3v) is 4.08. The number of benzene rings is 1. The van der Waals surface area contributed by atoms with Gasteiger partial charge in [-0.3, -0.25) is 4.79 Å². The maximum absolute atomic E-state index is 11.6. The first-order valence-electron chi connectivity index (χ1n) is 5.46. The second-order valence-corrected chi connectivity index (χ2v) is 5.68. The molecule has 1 fully saturated rings. The number of hydrogen-bond donors (Lipinski definition) is 1. The van der Waals surface area contributed by atoms with Crippen LogP contribution < -0.4 is 0 Å². The van der Waals surface area contributed by atoms with Crippen molar-refractivity contribution in [3.63, 3.8) is 0 Å². The first-order valence-corrected chi connectivity index (χ1v) is 6.74. The smallest absolute Gasteiger partial charge is 0.223 e. The van der Waals surface area contributed by atoms with Gasteiger partial charge in [0, 0.05) is 24.8 Å². The Bertz CT molecular complexity index is 439. The zero-order valence-corrected chi connectivity index (χ0v) is 11.6. The molecule has 1 amide bonds. The van der Waals surface area contributed by atoms with Crippen LogP contribution in [0, 0.1) is 0 Å². The lowest BCUT2D eigenvalue weighted by Gasteiger charge is -2.16.